The van der Waals surface area contributed by atoms with E-state index in [4.69, 9.17) is 0 Å². The fourth-order valence-corrected chi connectivity index (χ4v) is 1.53. The van der Waals surface area contributed by atoms with Gasteiger partial charge in [0.15, 0.2) is 0 Å². The molecule has 1 amide bonds. The van der Waals surface area contributed by atoms with Gasteiger partial charge in [0, 0.05) is 18.7 Å². The van der Waals surface area contributed by atoms with Gasteiger partial charge in [-0.3, -0.25) is 4.79 Å². The van der Waals surface area contributed by atoms with E-state index in [2.05, 4.69) is 4.74 Å². The number of carbonyl (C=O) groups is 2. The summed E-state index contributed by atoms with van der Waals surface area (Å²) in [6.45, 7) is 3.96. The summed E-state index contributed by atoms with van der Waals surface area (Å²) in [5, 5.41) is 0. The van der Waals surface area contributed by atoms with E-state index in [1.807, 2.05) is 0 Å². The van der Waals surface area contributed by atoms with Crippen molar-refractivity contribution in [2.75, 3.05) is 13.1 Å². The minimum absolute atomic E-state index is 0.0302. The molecule has 0 saturated heterocycles. The Kier molecular flexibility index (Phi) is 5.83. The number of hydrogen-bond acceptors (Lipinski definition) is 3. The number of halogens is 2. The molecule has 0 aliphatic carbocycles. The predicted octanol–water partition coefficient (Wildman–Crippen LogP) is 3.46. The predicted molar refractivity (Wildman–Crippen MR) is 69.4 cm³/mol. The van der Waals surface area contributed by atoms with E-state index in [1.54, 1.807) is 19.9 Å². The van der Waals surface area contributed by atoms with Gasteiger partial charge in [0.2, 0.25) is 11.5 Å². The summed E-state index contributed by atoms with van der Waals surface area (Å²) in [4.78, 5) is 24.7. The number of rotatable bonds is 5. The number of ether oxygens (including phenoxy) is 1. The summed E-state index contributed by atoms with van der Waals surface area (Å²) in [5.41, 5.74) is 0.0302. The first kappa shape index (κ1) is 15.8. The Morgan fingerprint density at radius 2 is 1.65 bits per heavy atom. The molecule has 0 spiro atoms. The largest absolute Gasteiger partial charge is 0.415 e. The second-order valence-corrected chi connectivity index (χ2v) is 3.82. The summed E-state index contributed by atoms with van der Waals surface area (Å²) in [5.74, 6) is -2.25. The number of allylic oxidation sites excluding steroid dienone is 1. The van der Waals surface area contributed by atoms with Crippen molar-refractivity contribution < 1.29 is 23.1 Å². The van der Waals surface area contributed by atoms with Gasteiger partial charge in [0.25, 0.3) is 0 Å². The van der Waals surface area contributed by atoms with Crippen LogP contribution in [0.1, 0.15) is 24.2 Å². The molecule has 4 nitrogen and oxygen atoms in total. The quantitative estimate of drug-likeness (QED) is 0.472. The molecule has 0 aliphatic heterocycles. The highest BCUT2D eigenvalue weighted by atomic mass is 19.3. The lowest BCUT2D eigenvalue weighted by atomic mass is 10.1. The van der Waals surface area contributed by atoms with Gasteiger partial charge in [0.1, 0.15) is 0 Å². The van der Waals surface area contributed by atoms with E-state index in [1.165, 1.54) is 29.2 Å². The van der Waals surface area contributed by atoms with Crippen LogP contribution in [0, 0.1) is 0 Å². The molecule has 0 saturated carbocycles. The normalized spacial score (nSPS) is 9.80. The fourth-order valence-electron chi connectivity index (χ4n) is 1.53. The minimum atomic E-state index is -2.32. The first-order chi connectivity index (χ1) is 9.51. The molecule has 0 N–H and O–H groups in total. The van der Waals surface area contributed by atoms with Crippen molar-refractivity contribution in [3.8, 4) is 0 Å². The van der Waals surface area contributed by atoms with Gasteiger partial charge in [-0.1, -0.05) is 30.3 Å². The topological polar surface area (TPSA) is 46.6 Å². The Labute approximate surface area is 115 Å². The number of carbonyl (C=O) groups excluding carboxylic acids is 2. The monoisotopic (exact) mass is 283 g/mol. The van der Waals surface area contributed by atoms with Crippen molar-refractivity contribution in [2.24, 2.45) is 0 Å². The zero-order valence-corrected chi connectivity index (χ0v) is 11.2. The lowest BCUT2D eigenvalue weighted by Gasteiger charge is -2.18. The Balaban J connectivity index is 2.95. The Hall–Kier alpha value is -2.24. The number of benzene rings is 1. The van der Waals surface area contributed by atoms with Crippen molar-refractivity contribution in [1.82, 2.24) is 4.90 Å². The smallest absolute Gasteiger partial charge is 0.400 e. The number of hydrogen-bond donors (Lipinski definition) is 0. The van der Waals surface area contributed by atoms with Crippen LogP contribution in [0.25, 0.3) is 0 Å². The molecule has 0 fully saturated rings. The van der Waals surface area contributed by atoms with Crippen LogP contribution < -0.4 is 0 Å². The number of Topliss-reactive ketones (excluding diaryl/α,β-unsaturated/α-hetero) is 1. The van der Waals surface area contributed by atoms with Gasteiger partial charge in [0.05, 0.1) is 0 Å². The van der Waals surface area contributed by atoms with Crippen LogP contribution in [0.2, 0.25) is 0 Å². The first-order valence-corrected chi connectivity index (χ1v) is 6.13. The van der Waals surface area contributed by atoms with Crippen LogP contribution >= 0.6 is 0 Å². The maximum atomic E-state index is 12.8. The van der Waals surface area contributed by atoms with Crippen LogP contribution in [-0.4, -0.2) is 29.9 Å². The van der Waals surface area contributed by atoms with E-state index in [9.17, 15) is 18.4 Å². The van der Waals surface area contributed by atoms with Crippen LogP contribution in [0.4, 0.5) is 13.6 Å². The third-order valence-corrected chi connectivity index (χ3v) is 2.62. The fraction of sp³-hybridized carbons (Fsp3) is 0.286. The highest BCUT2D eigenvalue weighted by Crippen LogP contribution is 2.17. The van der Waals surface area contributed by atoms with Crippen molar-refractivity contribution in [3.05, 3.63) is 47.7 Å². The van der Waals surface area contributed by atoms with E-state index < -0.39 is 23.7 Å². The molecule has 0 aromatic heterocycles. The third-order valence-electron chi connectivity index (χ3n) is 2.62. The van der Waals surface area contributed by atoms with Gasteiger partial charge in [-0.15, -0.1) is 0 Å². The Morgan fingerprint density at radius 1 is 1.10 bits per heavy atom. The molecule has 0 heterocycles. The summed E-state index contributed by atoms with van der Waals surface area (Å²) in [6.07, 6.45) is -3.29. The average Bonchev–Trinajstić information content (AvgIpc) is 2.46. The molecule has 20 heavy (non-hydrogen) atoms. The Morgan fingerprint density at radius 3 is 2.10 bits per heavy atom. The molecule has 108 valence electrons. The summed E-state index contributed by atoms with van der Waals surface area (Å²) in [7, 11) is 0. The number of amides is 1. The van der Waals surface area contributed by atoms with E-state index >= 15 is 0 Å². The Bertz CT molecular complexity index is 506. The lowest BCUT2D eigenvalue weighted by molar-refractivity contribution is 0.0873. The highest BCUT2D eigenvalue weighted by Gasteiger charge is 2.24. The molecule has 0 unspecified atom stereocenters. The van der Waals surface area contributed by atoms with E-state index in [-0.39, 0.29) is 5.56 Å². The van der Waals surface area contributed by atoms with E-state index in [0.717, 1.165) is 0 Å². The van der Waals surface area contributed by atoms with Crippen molar-refractivity contribution in [3.63, 3.8) is 0 Å². The molecular weight excluding hydrogens is 268 g/mol. The molecule has 1 rings (SSSR count). The van der Waals surface area contributed by atoms with Crippen LogP contribution in [0.15, 0.2) is 42.2 Å². The molecular formula is C14H15F2NO3. The second-order valence-electron chi connectivity index (χ2n) is 3.82. The molecule has 6 heteroatoms. The molecule has 0 radical (unpaired) electrons. The molecule has 0 atom stereocenters. The SMILES string of the molecule is CCN(CC)C(=O)OC(C(=O)c1ccccc1)=C(F)F. The van der Waals surface area contributed by atoms with Gasteiger partial charge in [-0.2, -0.15) is 8.78 Å². The van der Waals surface area contributed by atoms with Crippen LogP contribution in [0.3, 0.4) is 0 Å². The van der Waals surface area contributed by atoms with Gasteiger partial charge in [-0.05, 0) is 13.8 Å². The van der Waals surface area contributed by atoms with Crippen molar-refractivity contribution in [1.29, 1.82) is 0 Å². The summed E-state index contributed by atoms with van der Waals surface area (Å²) >= 11 is 0. The summed E-state index contributed by atoms with van der Waals surface area (Å²) < 4.78 is 30.2. The standard InChI is InChI=1S/C14H15F2NO3/c1-3-17(4-2)14(19)20-12(13(15)16)11(18)10-8-6-5-7-9-10/h5-9H,3-4H2,1-2H3. The molecule has 1 aromatic carbocycles. The minimum Gasteiger partial charge on any atom is -0.400 e. The second kappa shape index (κ2) is 7.37. The third kappa shape index (κ3) is 3.88. The van der Waals surface area contributed by atoms with Crippen molar-refractivity contribution >= 4 is 11.9 Å². The number of ketones is 1. The van der Waals surface area contributed by atoms with E-state index in [0.29, 0.717) is 13.1 Å². The van der Waals surface area contributed by atoms with Gasteiger partial charge in [-0.25, -0.2) is 4.79 Å². The highest BCUT2D eigenvalue weighted by molar-refractivity contribution is 6.08. The average molecular weight is 283 g/mol. The maximum Gasteiger partial charge on any atom is 0.415 e. The van der Waals surface area contributed by atoms with Gasteiger partial charge >= 0.3 is 12.2 Å². The zero-order chi connectivity index (χ0) is 15.1. The number of nitrogens with zero attached hydrogens (tertiary/aromatic N) is 1. The van der Waals surface area contributed by atoms with Gasteiger partial charge < -0.3 is 9.64 Å². The molecule has 0 aliphatic rings. The summed E-state index contributed by atoms with van der Waals surface area (Å²) in [6, 6.07) is 7.46. The van der Waals surface area contributed by atoms with Crippen LogP contribution in [0.5, 0.6) is 0 Å². The molecule has 1 aromatic rings. The molecule has 0 bridgehead atoms. The van der Waals surface area contributed by atoms with Crippen molar-refractivity contribution in [2.45, 2.75) is 13.8 Å². The lowest BCUT2D eigenvalue weighted by Crippen LogP contribution is -2.32. The zero-order valence-electron chi connectivity index (χ0n) is 11.2. The van der Waals surface area contributed by atoms with Crippen LogP contribution in [-0.2, 0) is 4.74 Å². The first-order valence-electron chi connectivity index (χ1n) is 6.13. The maximum absolute atomic E-state index is 12.8.